The summed E-state index contributed by atoms with van der Waals surface area (Å²) in [7, 11) is 0. The first-order valence-electron chi connectivity index (χ1n) is 9.99. The Bertz CT molecular complexity index is 961. The fraction of sp³-hybridized carbons (Fsp3) is 0.391. The molecule has 0 amide bonds. The SMILES string of the molecule is CC(CN1Cc2ccc(cn2)C2C=C1N=CN2)c1cccc2c1OC(C)(C)C2. The van der Waals surface area contributed by atoms with Gasteiger partial charge in [-0.2, -0.15) is 0 Å². The summed E-state index contributed by atoms with van der Waals surface area (Å²) in [6.45, 7) is 8.20. The van der Waals surface area contributed by atoms with Crippen LogP contribution in [0.25, 0.3) is 0 Å². The van der Waals surface area contributed by atoms with Crippen LogP contribution in [-0.2, 0) is 13.0 Å². The minimum atomic E-state index is -0.128. The lowest BCUT2D eigenvalue weighted by molar-refractivity contribution is 0.136. The van der Waals surface area contributed by atoms with Crippen LogP contribution in [-0.4, -0.2) is 28.4 Å². The largest absolute Gasteiger partial charge is 0.487 e. The summed E-state index contributed by atoms with van der Waals surface area (Å²) < 4.78 is 6.31. The van der Waals surface area contributed by atoms with Gasteiger partial charge in [0, 0.05) is 25.1 Å². The van der Waals surface area contributed by atoms with Gasteiger partial charge in [-0.1, -0.05) is 31.2 Å². The Labute approximate surface area is 166 Å². The van der Waals surface area contributed by atoms with Gasteiger partial charge in [0.05, 0.1) is 24.6 Å². The number of aromatic nitrogens is 1. The molecule has 4 aliphatic rings. The quantitative estimate of drug-likeness (QED) is 0.884. The first kappa shape index (κ1) is 17.3. The molecule has 5 heteroatoms. The molecule has 2 atom stereocenters. The third kappa shape index (κ3) is 3.05. The van der Waals surface area contributed by atoms with Crippen LogP contribution in [0, 0.1) is 0 Å². The summed E-state index contributed by atoms with van der Waals surface area (Å²) in [6.07, 6.45) is 6.93. The second kappa shape index (κ2) is 6.36. The van der Waals surface area contributed by atoms with E-state index >= 15 is 0 Å². The van der Waals surface area contributed by atoms with Crippen LogP contribution in [0.3, 0.4) is 0 Å². The lowest BCUT2D eigenvalue weighted by Gasteiger charge is -2.30. The first-order chi connectivity index (χ1) is 13.5. The number of aliphatic imine (C=N–C) groups is 1. The fourth-order valence-electron chi connectivity index (χ4n) is 4.41. The van der Waals surface area contributed by atoms with Crippen molar-refractivity contribution in [2.24, 2.45) is 4.99 Å². The second-order valence-corrected chi connectivity index (χ2v) is 8.67. The Hall–Kier alpha value is -2.82. The van der Waals surface area contributed by atoms with Crippen molar-refractivity contribution in [2.75, 3.05) is 6.54 Å². The van der Waals surface area contributed by atoms with Gasteiger partial charge in [-0.3, -0.25) is 4.98 Å². The molecule has 1 aromatic carbocycles. The van der Waals surface area contributed by atoms with E-state index in [1.807, 2.05) is 12.5 Å². The van der Waals surface area contributed by atoms with Gasteiger partial charge in [0.15, 0.2) is 0 Å². The Balaban J connectivity index is 1.45. The van der Waals surface area contributed by atoms with E-state index in [-0.39, 0.29) is 11.6 Å². The molecule has 4 bridgehead atoms. The van der Waals surface area contributed by atoms with Crippen LogP contribution in [0.2, 0.25) is 0 Å². The molecular formula is C23H26N4O. The van der Waals surface area contributed by atoms with Crippen LogP contribution < -0.4 is 10.1 Å². The molecule has 28 heavy (non-hydrogen) atoms. The number of benzene rings is 1. The number of nitrogens with zero attached hydrogens (tertiary/aromatic N) is 3. The highest BCUT2D eigenvalue weighted by Gasteiger charge is 2.33. The topological polar surface area (TPSA) is 49.8 Å². The van der Waals surface area contributed by atoms with Crippen molar-refractivity contribution < 1.29 is 4.74 Å². The molecule has 1 aromatic heterocycles. The third-order valence-electron chi connectivity index (χ3n) is 5.80. The van der Waals surface area contributed by atoms with E-state index in [0.29, 0.717) is 5.92 Å². The number of hydrogen-bond donors (Lipinski definition) is 1. The summed E-state index contributed by atoms with van der Waals surface area (Å²) in [4.78, 5) is 11.6. The van der Waals surface area contributed by atoms with Gasteiger partial charge in [-0.25, -0.2) is 4.99 Å². The molecule has 0 saturated carbocycles. The highest BCUT2D eigenvalue weighted by molar-refractivity contribution is 5.60. The summed E-state index contributed by atoms with van der Waals surface area (Å²) in [5, 5.41) is 3.32. The van der Waals surface area contributed by atoms with E-state index in [9.17, 15) is 0 Å². The molecule has 5 nitrogen and oxygen atoms in total. The summed E-state index contributed by atoms with van der Waals surface area (Å²) in [6, 6.07) is 10.9. The minimum absolute atomic E-state index is 0.120. The van der Waals surface area contributed by atoms with Crippen LogP contribution >= 0.6 is 0 Å². The number of rotatable bonds is 3. The Morgan fingerprint density at radius 1 is 1.29 bits per heavy atom. The molecule has 6 rings (SSSR count). The van der Waals surface area contributed by atoms with Crippen LogP contribution in [0.1, 0.15) is 55.1 Å². The number of para-hydroxylation sites is 1. The highest BCUT2D eigenvalue weighted by atomic mass is 16.5. The Morgan fingerprint density at radius 2 is 2.18 bits per heavy atom. The zero-order valence-electron chi connectivity index (χ0n) is 16.6. The van der Waals surface area contributed by atoms with Crippen molar-refractivity contribution in [3.8, 4) is 5.75 Å². The monoisotopic (exact) mass is 374 g/mol. The van der Waals surface area contributed by atoms with Crippen molar-refractivity contribution in [1.29, 1.82) is 0 Å². The van der Waals surface area contributed by atoms with E-state index in [1.54, 1.807) is 0 Å². The molecule has 2 unspecified atom stereocenters. The molecule has 0 fully saturated rings. The molecule has 4 aliphatic heterocycles. The van der Waals surface area contributed by atoms with Gasteiger partial charge < -0.3 is 15.0 Å². The highest BCUT2D eigenvalue weighted by Crippen LogP contribution is 2.41. The van der Waals surface area contributed by atoms with Crippen LogP contribution in [0.5, 0.6) is 5.75 Å². The minimum Gasteiger partial charge on any atom is -0.487 e. The Kier molecular flexibility index (Phi) is 3.93. The third-order valence-corrected chi connectivity index (χ3v) is 5.80. The Morgan fingerprint density at radius 3 is 3.00 bits per heavy atom. The zero-order chi connectivity index (χ0) is 19.3. The summed E-state index contributed by atoms with van der Waals surface area (Å²) >= 11 is 0. The van der Waals surface area contributed by atoms with Crippen molar-refractivity contribution in [3.05, 3.63) is 70.8 Å². The molecule has 0 spiro atoms. The number of fused-ring (bicyclic) bond motifs is 4. The van der Waals surface area contributed by atoms with E-state index in [2.05, 4.69) is 77.4 Å². The normalized spacial score (nSPS) is 22.3. The lowest BCUT2D eigenvalue weighted by atomic mass is 9.95. The van der Waals surface area contributed by atoms with E-state index in [1.165, 1.54) is 16.7 Å². The summed E-state index contributed by atoms with van der Waals surface area (Å²) in [5.74, 6) is 2.40. The molecule has 1 N–H and O–H groups in total. The lowest BCUT2D eigenvalue weighted by Crippen LogP contribution is -2.30. The standard InChI is InChI=1S/C23H26N4O/c1-15(19-6-4-5-16-10-23(2,3)28-22(16)19)12-27-13-18-8-7-17(11-24-18)20-9-21(27)26-14-25-20/h4-9,11,14-15,20H,10,12-13H2,1-3H3,(H,25,26). The number of nitrogens with one attached hydrogen (secondary N) is 1. The van der Waals surface area contributed by atoms with Crippen molar-refractivity contribution in [3.63, 3.8) is 0 Å². The molecule has 144 valence electrons. The molecular weight excluding hydrogens is 348 g/mol. The predicted molar refractivity (Wildman–Crippen MR) is 110 cm³/mol. The average Bonchev–Trinajstić information content (AvgIpc) is 3.03. The molecule has 0 radical (unpaired) electrons. The fourth-order valence-corrected chi connectivity index (χ4v) is 4.41. The van der Waals surface area contributed by atoms with Crippen LogP contribution in [0.15, 0.2) is 53.4 Å². The maximum atomic E-state index is 6.31. The van der Waals surface area contributed by atoms with E-state index in [0.717, 1.165) is 36.8 Å². The average molecular weight is 374 g/mol. The van der Waals surface area contributed by atoms with Gasteiger partial charge in [0.2, 0.25) is 0 Å². The molecule has 0 aliphatic carbocycles. The molecule has 2 aromatic rings. The van der Waals surface area contributed by atoms with Gasteiger partial charge in [-0.15, -0.1) is 0 Å². The van der Waals surface area contributed by atoms with E-state index in [4.69, 9.17) is 4.74 Å². The van der Waals surface area contributed by atoms with Crippen molar-refractivity contribution in [2.45, 2.75) is 51.3 Å². The van der Waals surface area contributed by atoms with Gasteiger partial charge in [0.25, 0.3) is 0 Å². The predicted octanol–water partition coefficient (Wildman–Crippen LogP) is 3.93. The zero-order valence-corrected chi connectivity index (χ0v) is 16.6. The van der Waals surface area contributed by atoms with Gasteiger partial charge in [-0.05, 0) is 42.7 Å². The van der Waals surface area contributed by atoms with Gasteiger partial charge >= 0.3 is 0 Å². The smallest absolute Gasteiger partial charge is 0.128 e. The van der Waals surface area contributed by atoms with Crippen molar-refractivity contribution >= 4 is 6.34 Å². The number of pyridine rings is 1. The van der Waals surface area contributed by atoms with Gasteiger partial charge in [0.1, 0.15) is 17.2 Å². The second-order valence-electron chi connectivity index (χ2n) is 8.67. The van der Waals surface area contributed by atoms with Crippen LogP contribution in [0.4, 0.5) is 0 Å². The molecule has 5 heterocycles. The first-order valence-corrected chi connectivity index (χ1v) is 9.99. The number of ether oxygens (including phenoxy) is 1. The van der Waals surface area contributed by atoms with Crippen molar-refractivity contribution in [1.82, 2.24) is 15.2 Å². The maximum absolute atomic E-state index is 6.31. The number of hydrogen-bond acceptors (Lipinski definition) is 5. The van der Waals surface area contributed by atoms with E-state index < -0.39 is 0 Å². The summed E-state index contributed by atoms with van der Waals surface area (Å²) in [5.41, 5.74) is 4.70. The maximum Gasteiger partial charge on any atom is 0.128 e. The molecule has 0 saturated heterocycles.